The van der Waals surface area contributed by atoms with Crippen molar-refractivity contribution in [3.8, 4) is 29.2 Å². The van der Waals surface area contributed by atoms with Gasteiger partial charge >= 0.3 is 11.6 Å². The van der Waals surface area contributed by atoms with Crippen LogP contribution in [0.15, 0.2) is 33.5 Å². The van der Waals surface area contributed by atoms with Crippen LogP contribution >= 0.6 is 0 Å². The normalized spacial score (nSPS) is 15.5. The second kappa shape index (κ2) is 7.45. The number of phenols is 1. The summed E-state index contributed by atoms with van der Waals surface area (Å²) in [6.07, 6.45) is 0.966. The number of fused-ring (bicyclic) bond motifs is 2. The highest BCUT2D eigenvalue weighted by Gasteiger charge is 2.30. The lowest BCUT2D eigenvalue weighted by Crippen LogP contribution is -2.46. The molecule has 8 nitrogen and oxygen atoms in total. The maximum atomic E-state index is 14.5. The van der Waals surface area contributed by atoms with E-state index in [9.17, 15) is 19.6 Å². The fourth-order valence-corrected chi connectivity index (χ4v) is 4.32. The Hall–Kier alpha value is -4.19. The van der Waals surface area contributed by atoms with Crippen LogP contribution in [0.4, 0.5) is 10.2 Å². The van der Waals surface area contributed by atoms with Crippen LogP contribution in [-0.2, 0) is 0 Å². The number of aromatic hydroxyl groups is 1. The summed E-state index contributed by atoms with van der Waals surface area (Å²) in [6, 6.07) is 7.55. The number of methoxy groups -OCH3 is 1. The van der Waals surface area contributed by atoms with Crippen LogP contribution in [-0.4, -0.2) is 34.8 Å². The summed E-state index contributed by atoms with van der Waals surface area (Å²) in [5.41, 5.74) is 0.135. The van der Waals surface area contributed by atoms with Crippen molar-refractivity contribution in [3.05, 3.63) is 51.6 Å². The molecule has 0 aliphatic carbocycles. The largest absolute Gasteiger partial charge is 0.508 e. The maximum Gasteiger partial charge on any atom is 0.349 e. The van der Waals surface area contributed by atoms with Gasteiger partial charge in [-0.1, -0.05) is 6.07 Å². The van der Waals surface area contributed by atoms with Gasteiger partial charge in [-0.25, -0.2) is 9.18 Å². The molecule has 1 aliphatic heterocycles. The van der Waals surface area contributed by atoms with E-state index in [0.717, 1.165) is 19.0 Å². The monoisotopic (exact) mass is 446 g/mol. The van der Waals surface area contributed by atoms with E-state index in [1.54, 1.807) is 6.92 Å². The average molecular weight is 446 g/mol. The average Bonchev–Trinajstić information content (AvgIpc) is 2.79. The molecule has 5 rings (SSSR count). The topological polar surface area (TPSA) is 112 Å². The molecular weight excluding hydrogens is 427 g/mol. The molecule has 4 aromatic rings. The summed E-state index contributed by atoms with van der Waals surface area (Å²) in [6.45, 7) is 4.47. The molecule has 1 saturated heterocycles. The first-order valence-corrected chi connectivity index (χ1v) is 10.4. The van der Waals surface area contributed by atoms with Crippen LogP contribution < -0.4 is 15.3 Å². The van der Waals surface area contributed by atoms with Crippen LogP contribution in [0.25, 0.3) is 33.0 Å². The quantitative estimate of drug-likeness (QED) is 0.502. The summed E-state index contributed by atoms with van der Waals surface area (Å²) >= 11 is 0. The molecule has 0 radical (unpaired) electrons. The van der Waals surface area contributed by atoms with E-state index in [1.807, 2.05) is 17.9 Å². The van der Waals surface area contributed by atoms with Gasteiger partial charge in [0.15, 0.2) is 5.82 Å². The molecule has 166 valence electrons. The lowest BCUT2D eigenvalue weighted by molar-refractivity contribution is 0.379. The third-order valence-electron chi connectivity index (χ3n) is 6.15. The van der Waals surface area contributed by atoms with Crippen molar-refractivity contribution in [2.75, 3.05) is 18.6 Å². The van der Waals surface area contributed by atoms with Gasteiger partial charge in [-0.15, -0.1) is 0 Å². The van der Waals surface area contributed by atoms with Crippen molar-refractivity contribution < 1.29 is 18.7 Å². The zero-order valence-electron chi connectivity index (χ0n) is 18.1. The first kappa shape index (κ1) is 20.7. The van der Waals surface area contributed by atoms with Crippen LogP contribution in [0.5, 0.6) is 11.8 Å². The van der Waals surface area contributed by atoms with Gasteiger partial charge in [0.05, 0.1) is 18.2 Å². The molecule has 1 N–H and O–H groups in total. The molecule has 0 bridgehead atoms. The van der Waals surface area contributed by atoms with Crippen LogP contribution in [0, 0.1) is 24.1 Å². The summed E-state index contributed by atoms with van der Waals surface area (Å²) in [7, 11) is 1.44. The first-order chi connectivity index (χ1) is 15.8. The number of ether oxygens (including phenoxy) is 1. The van der Waals surface area contributed by atoms with Gasteiger partial charge in [0.1, 0.15) is 28.8 Å². The number of benzene rings is 2. The summed E-state index contributed by atoms with van der Waals surface area (Å²) in [5, 5.41) is 20.8. The number of hydrogen-bond acceptors (Lipinski definition) is 8. The Labute approximate surface area is 187 Å². The summed E-state index contributed by atoms with van der Waals surface area (Å²) < 4.78 is 25.5. The molecule has 2 aromatic carbocycles. The van der Waals surface area contributed by atoms with Crippen molar-refractivity contribution in [2.24, 2.45) is 0 Å². The van der Waals surface area contributed by atoms with Crippen molar-refractivity contribution >= 4 is 27.5 Å². The molecule has 1 fully saturated rings. The molecular formula is C24H19FN4O4. The van der Waals surface area contributed by atoms with Crippen molar-refractivity contribution in [1.82, 2.24) is 9.97 Å². The number of phenolic OH excluding ortho intramolecular Hbond substituents is 1. The summed E-state index contributed by atoms with van der Waals surface area (Å²) in [4.78, 5) is 24.0. The standard InChI is InChI=1S/C24H19FN4O4/c1-11-6-7-29(11)22-19-20(27-24(28-22)32-3)12(2)21(33-23(19)31)15-9-14(30)8-13-4-5-17(25)16(10-26)18(13)15/h4-5,8-9,11,30H,6-7H2,1-3H3. The van der Waals surface area contributed by atoms with E-state index < -0.39 is 11.4 Å². The van der Waals surface area contributed by atoms with Gasteiger partial charge in [-0.3, -0.25) is 0 Å². The Bertz CT molecular complexity index is 1560. The predicted octanol–water partition coefficient (Wildman–Crippen LogP) is 4.04. The fraction of sp³-hybridized carbons (Fsp3) is 0.250. The molecule has 0 amide bonds. The molecule has 9 heteroatoms. The minimum absolute atomic E-state index is 0.0823. The molecule has 1 atom stereocenters. The number of halogens is 1. The molecule has 3 heterocycles. The molecule has 1 aliphatic rings. The van der Waals surface area contributed by atoms with Gasteiger partial charge in [-0.2, -0.15) is 15.2 Å². The molecule has 33 heavy (non-hydrogen) atoms. The van der Waals surface area contributed by atoms with Crippen molar-refractivity contribution in [3.63, 3.8) is 0 Å². The van der Waals surface area contributed by atoms with Crippen LogP contribution in [0.1, 0.15) is 24.5 Å². The van der Waals surface area contributed by atoms with Crippen LogP contribution in [0.2, 0.25) is 0 Å². The highest BCUT2D eigenvalue weighted by molar-refractivity contribution is 6.03. The number of nitriles is 1. The number of anilines is 1. The second-order valence-corrected chi connectivity index (χ2v) is 8.06. The van der Waals surface area contributed by atoms with E-state index in [1.165, 1.54) is 25.3 Å². The number of hydrogen-bond donors (Lipinski definition) is 1. The van der Waals surface area contributed by atoms with E-state index in [0.29, 0.717) is 22.3 Å². The lowest BCUT2D eigenvalue weighted by Gasteiger charge is -2.40. The highest BCUT2D eigenvalue weighted by Crippen LogP contribution is 2.39. The zero-order chi connectivity index (χ0) is 23.4. The Kier molecular flexibility index (Phi) is 4.67. The third kappa shape index (κ3) is 3.06. The zero-order valence-corrected chi connectivity index (χ0v) is 18.1. The first-order valence-electron chi connectivity index (χ1n) is 10.4. The fourth-order valence-electron chi connectivity index (χ4n) is 4.32. The van der Waals surface area contributed by atoms with Gasteiger partial charge in [-0.05, 0) is 43.9 Å². The molecule has 0 saturated carbocycles. The lowest BCUT2D eigenvalue weighted by atomic mass is 9.95. The van der Waals surface area contributed by atoms with Crippen molar-refractivity contribution in [1.29, 1.82) is 5.26 Å². The van der Waals surface area contributed by atoms with E-state index in [-0.39, 0.29) is 45.5 Å². The van der Waals surface area contributed by atoms with Gasteiger partial charge < -0.3 is 19.2 Å². The third-order valence-corrected chi connectivity index (χ3v) is 6.15. The smallest absolute Gasteiger partial charge is 0.349 e. The van der Waals surface area contributed by atoms with Gasteiger partial charge in [0.25, 0.3) is 0 Å². The molecule has 2 aromatic heterocycles. The Morgan fingerprint density at radius 2 is 2.09 bits per heavy atom. The maximum absolute atomic E-state index is 14.5. The molecule has 1 unspecified atom stereocenters. The minimum Gasteiger partial charge on any atom is -0.508 e. The highest BCUT2D eigenvalue weighted by atomic mass is 19.1. The van der Waals surface area contributed by atoms with E-state index in [4.69, 9.17) is 9.15 Å². The molecule has 0 spiro atoms. The van der Waals surface area contributed by atoms with Gasteiger partial charge in [0, 0.05) is 29.1 Å². The number of rotatable bonds is 3. The van der Waals surface area contributed by atoms with E-state index in [2.05, 4.69) is 9.97 Å². The summed E-state index contributed by atoms with van der Waals surface area (Å²) in [5.74, 6) is -0.316. The van der Waals surface area contributed by atoms with Crippen molar-refractivity contribution in [2.45, 2.75) is 26.3 Å². The predicted molar refractivity (Wildman–Crippen MR) is 120 cm³/mol. The van der Waals surface area contributed by atoms with Crippen LogP contribution in [0.3, 0.4) is 0 Å². The second-order valence-electron chi connectivity index (χ2n) is 8.06. The Morgan fingerprint density at radius 1 is 1.30 bits per heavy atom. The number of nitrogens with zero attached hydrogens (tertiary/aromatic N) is 4. The number of aromatic nitrogens is 2. The minimum atomic E-state index is -0.712. The Morgan fingerprint density at radius 3 is 2.73 bits per heavy atom. The van der Waals surface area contributed by atoms with Gasteiger partial charge in [0.2, 0.25) is 0 Å². The number of aryl methyl sites for hydroxylation is 1. The Balaban J connectivity index is 1.89. The SMILES string of the molecule is COc1nc(N2CCC2C)c2c(=O)oc(-c3cc(O)cc4ccc(F)c(C#N)c34)c(C)c2n1. The van der Waals surface area contributed by atoms with E-state index >= 15 is 0 Å².